The van der Waals surface area contributed by atoms with E-state index in [1.54, 1.807) is 19.5 Å². The van der Waals surface area contributed by atoms with E-state index < -0.39 is 0 Å². The van der Waals surface area contributed by atoms with Gasteiger partial charge in [0.1, 0.15) is 5.75 Å². The SMILES string of the molecule is COCCNCCCOc1cncc(Br)c1. The van der Waals surface area contributed by atoms with Gasteiger partial charge in [0.15, 0.2) is 0 Å². The van der Waals surface area contributed by atoms with Crippen LogP contribution in [-0.2, 0) is 4.74 Å². The van der Waals surface area contributed by atoms with E-state index in [1.165, 1.54) is 0 Å². The second-order valence-electron chi connectivity index (χ2n) is 3.28. The van der Waals surface area contributed by atoms with Gasteiger partial charge in [-0.2, -0.15) is 0 Å². The first-order chi connectivity index (χ1) is 7.83. The number of rotatable bonds is 8. The van der Waals surface area contributed by atoms with Crippen molar-refractivity contribution in [3.05, 3.63) is 22.9 Å². The predicted octanol–water partition coefficient (Wildman–Crippen LogP) is 1.85. The standard InChI is InChI=1S/C11H17BrN2O2/c1-15-6-4-13-3-2-5-16-11-7-10(12)8-14-9-11/h7-9,13H,2-6H2,1H3. The molecule has 0 aliphatic carbocycles. The Bertz CT molecular complexity index is 297. The van der Waals surface area contributed by atoms with Crippen LogP contribution in [0, 0.1) is 0 Å². The Balaban J connectivity index is 2.03. The quantitative estimate of drug-likeness (QED) is 0.742. The van der Waals surface area contributed by atoms with Crippen molar-refractivity contribution in [3.63, 3.8) is 0 Å². The molecule has 4 nitrogen and oxygen atoms in total. The van der Waals surface area contributed by atoms with E-state index in [2.05, 4.69) is 26.2 Å². The molecule has 0 radical (unpaired) electrons. The summed E-state index contributed by atoms with van der Waals surface area (Å²) in [5.41, 5.74) is 0. The molecular weight excluding hydrogens is 272 g/mol. The van der Waals surface area contributed by atoms with Crippen molar-refractivity contribution in [2.75, 3.05) is 33.4 Å². The molecule has 0 fully saturated rings. The molecule has 0 bridgehead atoms. The summed E-state index contributed by atoms with van der Waals surface area (Å²) in [6.07, 6.45) is 4.42. The number of aromatic nitrogens is 1. The van der Waals surface area contributed by atoms with E-state index in [1.807, 2.05) is 6.07 Å². The average molecular weight is 289 g/mol. The number of ether oxygens (including phenoxy) is 2. The van der Waals surface area contributed by atoms with Gasteiger partial charge in [-0.15, -0.1) is 0 Å². The molecule has 5 heteroatoms. The van der Waals surface area contributed by atoms with Gasteiger partial charge >= 0.3 is 0 Å². The van der Waals surface area contributed by atoms with Gasteiger partial charge in [-0.1, -0.05) is 0 Å². The second-order valence-corrected chi connectivity index (χ2v) is 4.20. The fourth-order valence-corrected chi connectivity index (χ4v) is 1.50. The van der Waals surface area contributed by atoms with Crippen molar-refractivity contribution in [1.82, 2.24) is 10.3 Å². The summed E-state index contributed by atoms with van der Waals surface area (Å²) in [4.78, 5) is 4.02. The Morgan fingerprint density at radius 2 is 2.19 bits per heavy atom. The summed E-state index contributed by atoms with van der Waals surface area (Å²) < 4.78 is 11.4. The molecule has 1 N–H and O–H groups in total. The Hall–Kier alpha value is -0.650. The number of hydrogen-bond acceptors (Lipinski definition) is 4. The monoisotopic (exact) mass is 288 g/mol. The van der Waals surface area contributed by atoms with Crippen molar-refractivity contribution in [2.45, 2.75) is 6.42 Å². The fourth-order valence-electron chi connectivity index (χ4n) is 1.16. The van der Waals surface area contributed by atoms with Crippen LogP contribution in [0.25, 0.3) is 0 Å². The topological polar surface area (TPSA) is 43.4 Å². The van der Waals surface area contributed by atoms with Crippen LogP contribution in [0.3, 0.4) is 0 Å². The third kappa shape index (κ3) is 6.05. The van der Waals surface area contributed by atoms with Gasteiger partial charge in [-0.3, -0.25) is 4.98 Å². The maximum atomic E-state index is 5.53. The van der Waals surface area contributed by atoms with Crippen LogP contribution in [0.15, 0.2) is 22.9 Å². The summed E-state index contributed by atoms with van der Waals surface area (Å²) in [6, 6.07) is 1.91. The first kappa shape index (κ1) is 13.4. The zero-order valence-corrected chi connectivity index (χ0v) is 11.0. The van der Waals surface area contributed by atoms with Crippen molar-refractivity contribution < 1.29 is 9.47 Å². The average Bonchev–Trinajstić information content (AvgIpc) is 2.28. The highest BCUT2D eigenvalue weighted by atomic mass is 79.9. The van der Waals surface area contributed by atoms with Crippen LogP contribution in [0.5, 0.6) is 5.75 Å². The minimum atomic E-state index is 0.693. The normalized spacial score (nSPS) is 10.4. The largest absolute Gasteiger partial charge is 0.492 e. The molecule has 0 amide bonds. The van der Waals surface area contributed by atoms with Gasteiger partial charge in [0.05, 0.1) is 19.4 Å². The predicted molar refractivity (Wildman–Crippen MR) is 66.8 cm³/mol. The lowest BCUT2D eigenvalue weighted by Crippen LogP contribution is -2.21. The van der Waals surface area contributed by atoms with Crippen LogP contribution < -0.4 is 10.1 Å². The third-order valence-electron chi connectivity index (χ3n) is 1.93. The molecule has 0 unspecified atom stereocenters. The van der Waals surface area contributed by atoms with Crippen LogP contribution in [0.2, 0.25) is 0 Å². The zero-order valence-electron chi connectivity index (χ0n) is 9.41. The highest BCUT2D eigenvalue weighted by molar-refractivity contribution is 9.10. The number of hydrogen-bond donors (Lipinski definition) is 1. The maximum Gasteiger partial charge on any atom is 0.138 e. The van der Waals surface area contributed by atoms with E-state index in [-0.39, 0.29) is 0 Å². The molecule has 0 aromatic carbocycles. The van der Waals surface area contributed by atoms with Crippen LogP contribution in [-0.4, -0.2) is 38.4 Å². The van der Waals surface area contributed by atoms with Crippen molar-refractivity contribution in [1.29, 1.82) is 0 Å². The first-order valence-electron chi connectivity index (χ1n) is 5.26. The lowest BCUT2D eigenvalue weighted by molar-refractivity contribution is 0.198. The van der Waals surface area contributed by atoms with Gasteiger partial charge < -0.3 is 14.8 Å². The summed E-state index contributed by atoms with van der Waals surface area (Å²) in [5.74, 6) is 0.797. The summed E-state index contributed by atoms with van der Waals surface area (Å²) in [6.45, 7) is 3.26. The van der Waals surface area contributed by atoms with E-state index in [4.69, 9.17) is 9.47 Å². The van der Waals surface area contributed by atoms with Gasteiger partial charge in [0, 0.05) is 24.3 Å². The molecule has 0 aliphatic rings. The molecule has 1 rings (SSSR count). The van der Waals surface area contributed by atoms with Crippen molar-refractivity contribution in [3.8, 4) is 5.75 Å². The van der Waals surface area contributed by atoms with Gasteiger partial charge in [0.25, 0.3) is 0 Å². The number of nitrogens with one attached hydrogen (secondary N) is 1. The fraction of sp³-hybridized carbons (Fsp3) is 0.545. The number of methoxy groups -OCH3 is 1. The third-order valence-corrected chi connectivity index (χ3v) is 2.36. The smallest absolute Gasteiger partial charge is 0.138 e. The summed E-state index contributed by atoms with van der Waals surface area (Å²) in [7, 11) is 1.70. The molecule has 0 saturated heterocycles. The number of nitrogens with zero attached hydrogens (tertiary/aromatic N) is 1. The number of halogens is 1. The lowest BCUT2D eigenvalue weighted by Gasteiger charge is -2.06. The van der Waals surface area contributed by atoms with Crippen LogP contribution in [0.1, 0.15) is 6.42 Å². The summed E-state index contributed by atoms with van der Waals surface area (Å²) in [5, 5.41) is 3.25. The van der Waals surface area contributed by atoms with Crippen LogP contribution >= 0.6 is 15.9 Å². The minimum Gasteiger partial charge on any atom is -0.492 e. The van der Waals surface area contributed by atoms with Crippen molar-refractivity contribution in [2.24, 2.45) is 0 Å². The molecule has 0 aliphatic heterocycles. The molecule has 1 aromatic heterocycles. The Kier molecular flexibility index (Phi) is 7.12. The Morgan fingerprint density at radius 3 is 2.94 bits per heavy atom. The Labute approximate surface area is 104 Å². The minimum absolute atomic E-state index is 0.693. The van der Waals surface area contributed by atoms with Gasteiger partial charge in [-0.05, 0) is 35.0 Å². The number of pyridine rings is 1. The van der Waals surface area contributed by atoms with E-state index in [9.17, 15) is 0 Å². The van der Waals surface area contributed by atoms with E-state index >= 15 is 0 Å². The highest BCUT2D eigenvalue weighted by Crippen LogP contribution is 2.15. The molecule has 0 atom stereocenters. The summed E-state index contributed by atoms with van der Waals surface area (Å²) >= 11 is 3.34. The van der Waals surface area contributed by atoms with E-state index in [0.29, 0.717) is 6.61 Å². The van der Waals surface area contributed by atoms with Gasteiger partial charge in [0.2, 0.25) is 0 Å². The van der Waals surface area contributed by atoms with Crippen LogP contribution in [0.4, 0.5) is 0 Å². The van der Waals surface area contributed by atoms with Crippen molar-refractivity contribution >= 4 is 15.9 Å². The molecule has 0 spiro atoms. The van der Waals surface area contributed by atoms with Gasteiger partial charge in [-0.25, -0.2) is 0 Å². The second kappa shape index (κ2) is 8.50. The molecular formula is C11H17BrN2O2. The molecule has 1 heterocycles. The van der Waals surface area contributed by atoms with E-state index in [0.717, 1.165) is 36.3 Å². The molecule has 16 heavy (non-hydrogen) atoms. The maximum absolute atomic E-state index is 5.53. The molecule has 90 valence electrons. The Morgan fingerprint density at radius 1 is 1.31 bits per heavy atom. The lowest BCUT2D eigenvalue weighted by atomic mass is 10.4. The highest BCUT2D eigenvalue weighted by Gasteiger charge is 1.95. The first-order valence-corrected chi connectivity index (χ1v) is 6.05. The zero-order chi connectivity index (χ0) is 11.6. The molecule has 1 aromatic rings. The molecule has 0 saturated carbocycles.